The van der Waals surface area contributed by atoms with Gasteiger partial charge in [-0.1, -0.05) is 122 Å². The number of rotatable bonds is 4. The highest BCUT2D eigenvalue weighted by atomic mass is 16.3. The van der Waals surface area contributed by atoms with E-state index in [1.165, 1.54) is 57.9 Å². The first-order valence-corrected chi connectivity index (χ1v) is 19.2. The molecule has 1 spiro atoms. The van der Waals surface area contributed by atoms with Gasteiger partial charge in [0.25, 0.3) is 0 Å². The predicted octanol–water partition coefficient (Wildman–Crippen LogP) is 13.3. The van der Waals surface area contributed by atoms with Gasteiger partial charge in [0.1, 0.15) is 11.2 Å². The van der Waals surface area contributed by atoms with Gasteiger partial charge in [0.15, 0.2) is 5.82 Å². The summed E-state index contributed by atoms with van der Waals surface area (Å²) < 4.78 is 6.30. The van der Waals surface area contributed by atoms with Gasteiger partial charge in [-0.15, -0.1) is 0 Å². The number of furan rings is 1. The van der Waals surface area contributed by atoms with E-state index in [-0.39, 0.29) is 5.41 Å². The Bertz CT molecular complexity index is 3050. The molecule has 9 aromatic rings. The average molecular weight is 706 g/mol. The third kappa shape index (κ3) is 5.04. The SMILES string of the molecule is N#Cc1ccc2c(c1)-c1c(-c3cccc(-c4cc(-c5ccc6ccccc6c5)nc(-c5ccc6c(c5)oc5ccccc56)n4)c3)cccc1C21CCCCC1. The van der Waals surface area contributed by atoms with Gasteiger partial charge in [0, 0.05) is 32.9 Å². The Morgan fingerprint density at radius 3 is 2.13 bits per heavy atom. The van der Waals surface area contributed by atoms with Crippen molar-refractivity contribution in [2.45, 2.75) is 37.5 Å². The second-order valence-electron chi connectivity index (χ2n) is 15.2. The van der Waals surface area contributed by atoms with Crippen molar-refractivity contribution in [1.29, 1.82) is 5.26 Å². The van der Waals surface area contributed by atoms with Crippen molar-refractivity contribution in [3.63, 3.8) is 0 Å². The Morgan fingerprint density at radius 2 is 1.25 bits per heavy atom. The fourth-order valence-corrected chi connectivity index (χ4v) is 9.49. The van der Waals surface area contributed by atoms with Crippen LogP contribution >= 0.6 is 0 Å². The van der Waals surface area contributed by atoms with E-state index >= 15 is 0 Å². The number of aromatic nitrogens is 2. The number of benzene rings is 7. The third-order valence-electron chi connectivity index (χ3n) is 12.1. The molecule has 0 aliphatic heterocycles. The molecule has 4 nitrogen and oxygen atoms in total. The third-order valence-corrected chi connectivity index (χ3v) is 12.1. The fourth-order valence-electron chi connectivity index (χ4n) is 9.49. The van der Waals surface area contributed by atoms with E-state index in [0.717, 1.165) is 68.4 Å². The summed E-state index contributed by atoms with van der Waals surface area (Å²) in [6.07, 6.45) is 6.00. The highest BCUT2D eigenvalue weighted by Crippen LogP contribution is 2.58. The van der Waals surface area contributed by atoms with Crippen LogP contribution < -0.4 is 0 Å². The lowest BCUT2D eigenvalue weighted by Gasteiger charge is -2.36. The lowest BCUT2D eigenvalue weighted by molar-refractivity contribution is 0.353. The molecule has 0 saturated heterocycles. The highest BCUT2D eigenvalue weighted by Gasteiger charge is 2.44. The lowest BCUT2D eigenvalue weighted by Crippen LogP contribution is -2.28. The number of hydrogen-bond donors (Lipinski definition) is 0. The Morgan fingerprint density at radius 1 is 0.509 bits per heavy atom. The Hall–Kier alpha value is -6.83. The van der Waals surface area contributed by atoms with Crippen molar-refractivity contribution in [3.8, 4) is 62.2 Å². The molecule has 0 atom stereocenters. The standard InChI is InChI=1S/C51H35N3O/c52-31-32-18-23-43-42(26-32)49-39(15-9-16-44(49)51(43)24-6-1-7-25-51)35-12-8-13-36(28-35)45-30-46(37-20-19-33-10-2-3-11-34(33)27-37)54-50(53-45)38-21-22-41-40-14-4-5-17-47(40)55-48(41)29-38/h2-5,8-23,26-30H,1,6-7,24-25H2. The molecule has 11 rings (SSSR count). The summed E-state index contributed by atoms with van der Waals surface area (Å²) in [4.78, 5) is 10.5. The average Bonchev–Trinajstić information content (AvgIpc) is 3.76. The number of para-hydroxylation sites is 1. The maximum Gasteiger partial charge on any atom is 0.160 e. The topological polar surface area (TPSA) is 62.7 Å². The van der Waals surface area contributed by atoms with E-state index in [1.807, 2.05) is 24.3 Å². The van der Waals surface area contributed by atoms with Gasteiger partial charge in [-0.25, -0.2) is 9.97 Å². The minimum Gasteiger partial charge on any atom is -0.456 e. The Kier molecular flexibility index (Phi) is 7.12. The van der Waals surface area contributed by atoms with Crippen molar-refractivity contribution in [2.75, 3.05) is 0 Å². The number of hydrogen-bond acceptors (Lipinski definition) is 4. The van der Waals surface area contributed by atoms with Gasteiger partial charge in [-0.2, -0.15) is 5.26 Å². The van der Waals surface area contributed by atoms with Gasteiger partial charge in [0.2, 0.25) is 0 Å². The molecule has 0 bridgehead atoms. The molecule has 0 amide bonds. The van der Waals surface area contributed by atoms with E-state index in [9.17, 15) is 5.26 Å². The summed E-state index contributed by atoms with van der Waals surface area (Å²) in [6.45, 7) is 0. The van der Waals surface area contributed by atoms with Crippen LogP contribution in [0.4, 0.5) is 0 Å². The van der Waals surface area contributed by atoms with E-state index in [1.54, 1.807) is 0 Å². The molecule has 2 heterocycles. The molecule has 2 aromatic heterocycles. The summed E-state index contributed by atoms with van der Waals surface area (Å²) in [5, 5.41) is 14.5. The van der Waals surface area contributed by atoms with E-state index in [4.69, 9.17) is 14.4 Å². The number of nitrogens with zero attached hydrogens (tertiary/aromatic N) is 3. The monoisotopic (exact) mass is 705 g/mol. The van der Waals surface area contributed by atoms with Crippen molar-refractivity contribution in [1.82, 2.24) is 9.97 Å². The molecule has 2 aliphatic rings. The summed E-state index contributed by atoms with van der Waals surface area (Å²) in [5.41, 5.74) is 14.6. The first-order valence-electron chi connectivity index (χ1n) is 19.2. The molecule has 0 radical (unpaired) electrons. The zero-order valence-corrected chi connectivity index (χ0v) is 30.2. The van der Waals surface area contributed by atoms with Crippen molar-refractivity contribution < 1.29 is 4.42 Å². The van der Waals surface area contributed by atoms with E-state index in [0.29, 0.717) is 11.4 Å². The van der Waals surface area contributed by atoms with Crippen LogP contribution in [-0.2, 0) is 5.41 Å². The lowest BCUT2D eigenvalue weighted by atomic mass is 9.67. The summed E-state index contributed by atoms with van der Waals surface area (Å²) in [5.74, 6) is 0.645. The molecular weight excluding hydrogens is 671 g/mol. The minimum atomic E-state index is 0.00177. The smallest absolute Gasteiger partial charge is 0.160 e. The zero-order chi connectivity index (χ0) is 36.5. The maximum atomic E-state index is 9.95. The predicted molar refractivity (Wildman–Crippen MR) is 223 cm³/mol. The van der Waals surface area contributed by atoms with Crippen LogP contribution in [0.1, 0.15) is 48.8 Å². The number of fused-ring (bicyclic) bond motifs is 9. The van der Waals surface area contributed by atoms with Crippen LogP contribution in [0.5, 0.6) is 0 Å². The minimum absolute atomic E-state index is 0.00177. The Balaban J connectivity index is 1.08. The highest BCUT2D eigenvalue weighted by molar-refractivity contribution is 6.05. The molecule has 260 valence electrons. The molecule has 0 unspecified atom stereocenters. The van der Waals surface area contributed by atoms with Gasteiger partial charge >= 0.3 is 0 Å². The van der Waals surface area contributed by atoms with Crippen molar-refractivity contribution >= 4 is 32.7 Å². The summed E-state index contributed by atoms with van der Waals surface area (Å²) in [7, 11) is 0. The van der Waals surface area contributed by atoms with Crippen LogP contribution in [0.2, 0.25) is 0 Å². The molecule has 7 aromatic carbocycles. The van der Waals surface area contributed by atoms with Gasteiger partial charge in [-0.3, -0.25) is 0 Å². The largest absolute Gasteiger partial charge is 0.456 e. The van der Waals surface area contributed by atoms with Crippen LogP contribution in [0.3, 0.4) is 0 Å². The van der Waals surface area contributed by atoms with Crippen molar-refractivity contribution in [3.05, 3.63) is 168 Å². The van der Waals surface area contributed by atoms with Crippen LogP contribution in [0, 0.1) is 11.3 Å². The van der Waals surface area contributed by atoms with Gasteiger partial charge in [0.05, 0.1) is 23.0 Å². The van der Waals surface area contributed by atoms with E-state index < -0.39 is 0 Å². The normalized spacial score (nSPS) is 14.3. The molecule has 1 saturated carbocycles. The molecule has 55 heavy (non-hydrogen) atoms. The summed E-state index contributed by atoms with van der Waals surface area (Å²) in [6, 6.07) is 55.9. The quantitative estimate of drug-likeness (QED) is 0.183. The molecular formula is C51H35N3O. The first kappa shape index (κ1) is 31.7. The molecule has 2 aliphatic carbocycles. The second-order valence-corrected chi connectivity index (χ2v) is 15.2. The van der Waals surface area contributed by atoms with E-state index in [2.05, 4.69) is 133 Å². The van der Waals surface area contributed by atoms with Gasteiger partial charge in [-0.05, 0) is 106 Å². The first-order chi connectivity index (χ1) is 27.1. The molecule has 1 fully saturated rings. The zero-order valence-electron chi connectivity index (χ0n) is 30.2. The van der Waals surface area contributed by atoms with Crippen LogP contribution in [-0.4, -0.2) is 9.97 Å². The second kappa shape index (κ2) is 12.4. The van der Waals surface area contributed by atoms with Crippen molar-refractivity contribution in [2.24, 2.45) is 0 Å². The number of nitriles is 1. The fraction of sp³-hybridized carbons (Fsp3) is 0.118. The molecule has 0 N–H and O–H groups in total. The summed E-state index contributed by atoms with van der Waals surface area (Å²) >= 11 is 0. The van der Waals surface area contributed by atoms with Crippen LogP contribution in [0.15, 0.2) is 156 Å². The Labute approximate surface area is 319 Å². The molecule has 4 heteroatoms. The van der Waals surface area contributed by atoms with Gasteiger partial charge < -0.3 is 4.42 Å². The maximum absolute atomic E-state index is 9.95. The van der Waals surface area contributed by atoms with Crippen LogP contribution in [0.25, 0.3) is 88.9 Å².